The van der Waals surface area contributed by atoms with Crippen molar-refractivity contribution in [2.75, 3.05) is 19.7 Å². The summed E-state index contributed by atoms with van der Waals surface area (Å²) in [5, 5.41) is 1.39. The van der Waals surface area contributed by atoms with E-state index < -0.39 is 8.07 Å². The van der Waals surface area contributed by atoms with Crippen LogP contribution in [-0.4, -0.2) is 32.7 Å². The Morgan fingerprint density at radius 1 is 1.00 bits per heavy atom. The normalized spacial score (nSPS) is 18.3. The summed E-state index contributed by atoms with van der Waals surface area (Å²) in [5.74, 6) is 1.03. The van der Waals surface area contributed by atoms with E-state index in [0.717, 1.165) is 18.8 Å². The van der Waals surface area contributed by atoms with Crippen molar-refractivity contribution in [1.29, 1.82) is 0 Å². The Kier molecular flexibility index (Phi) is 6.49. The molecule has 1 atom stereocenters. The van der Waals surface area contributed by atoms with Crippen LogP contribution in [0.3, 0.4) is 0 Å². The van der Waals surface area contributed by atoms with Crippen LogP contribution in [0.2, 0.25) is 13.1 Å². The maximum Gasteiger partial charge on any atom is 0.126 e. The largest absolute Gasteiger partial charge is 0.489 e. The number of ether oxygens (including phenoxy) is 1. The Labute approximate surface area is 228 Å². The summed E-state index contributed by atoms with van der Waals surface area (Å²) in [7, 11) is -2.11. The van der Waals surface area contributed by atoms with Crippen molar-refractivity contribution in [3.63, 3.8) is 0 Å². The number of allylic oxidation sites excluding steroid dienone is 2. The molecule has 0 spiro atoms. The minimum Gasteiger partial charge on any atom is -0.489 e. The molecule has 0 N–H and O–H groups in total. The van der Waals surface area contributed by atoms with E-state index in [4.69, 9.17) is 4.74 Å². The Bertz CT molecular complexity index is 1480. The van der Waals surface area contributed by atoms with Gasteiger partial charge in [-0.25, -0.2) is 0 Å². The maximum atomic E-state index is 6.52. The van der Waals surface area contributed by atoms with Crippen molar-refractivity contribution in [3.05, 3.63) is 125 Å². The topological polar surface area (TPSA) is 12.5 Å². The minimum absolute atomic E-state index is 0.373. The molecule has 3 aliphatic rings. The first-order chi connectivity index (χ1) is 18.5. The molecule has 6 rings (SSSR count). The Morgan fingerprint density at radius 3 is 2.58 bits per heavy atom. The Morgan fingerprint density at radius 2 is 1.79 bits per heavy atom. The number of fused-ring (bicyclic) bond motifs is 1. The van der Waals surface area contributed by atoms with Crippen LogP contribution < -0.4 is 9.92 Å². The molecule has 0 saturated carbocycles. The van der Waals surface area contributed by atoms with Gasteiger partial charge in [0.2, 0.25) is 0 Å². The third-order valence-electron chi connectivity index (χ3n) is 8.50. The Balaban J connectivity index is 1.46. The average Bonchev–Trinajstić information content (AvgIpc) is 3.54. The predicted molar refractivity (Wildman–Crippen MR) is 164 cm³/mol. The van der Waals surface area contributed by atoms with Gasteiger partial charge in [-0.1, -0.05) is 110 Å². The zero-order valence-electron chi connectivity index (χ0n) is 22.8. The molecule has 2 nitrogen and oxygen atoms in total. The van der Waals surface area contributed by atoms with E-state index in [1.807, 2.05) is 6.08 Å². The number of rotatable bonds is 7. The van der Waals surface area contributed by atoms with Crippen LogP contribution in [0.4, 0.5) is 0 Å². The van der Waals surface area contributed by atoms with Gasteiger partial charge in [-0.3, -0.25) is 0 Å². The van der Waals surface area contributed by atoms with Crippen LogP contribution in [0.5, 0.6) is 5.75 Å². The van der Waals surface area contributed by atoms with Crippen molar-refractivity contribution in [3.8, 4) is 16.9 Å². The van der Waals surface area contributed by atoms with Gasteiger partial charge in [0.15, 0.2) is 0 Å². The van der Waals surface area contributed by atoms with Crippen LogP contribution in [0.15, 0.2) is 109 Å². The summed E-state index contributed by atoms with van der Waals surface area (Å²) in [6.07, 6.45) is 11.5. The monoisotopic (exact) mass is 515 g/mol. The number of hydrogen-bond donors (Lipinski definition) is 0. The first kappa shape index (κ1) is 24.8. The fourth-order valence-corrected chi connectivity index (χ4v) is 9.86. The molecule has 0 amide bonds. The van der Waals surface area contributed by atoms with Gasteiger partial charge in [-0.15, -0.1) is 0 Å². The summed E-state index contributed by atoms with van der Waals surface area (Å²) >= 11 is 0. The van der Waals surface area contributed by atoms with E-state index in [9.17, 15) is 0 Å². The van der Waals surface area contributed by atoms with Crippen LogP contribution in [0.25, 0.3) is 16.8 Å². The molecule has 192 valence electrons. The van der Waals surface area contributed by atoms with Gasteiger partial charge in [0.05, 0.1) is 8.07 Å². The second kappa shape index (κ2) is 9.96. The lowest BCUT2D eigenvalue weighted by molar-refractivity contribution is 0.367. The zero-order valence-corrected chi connectivity index (χ0v) is 23.8. The van der Waals surface area contributed by atoms with Gasteiger partial charge in [-0.2, -0.15) is 0 Å². The summed E-state index contributed by atoms with van der Waals surface area (Å²) in [4.78, 5) is 2.62. The molecular formula is C35H37NOSi. The third-order valence-corrected chi connectivity index (χ3v) is 12.3. The van der Waals surface area contributed by atoms with Crippen LogP contribution >= 0.6 is 0 Å². The van der Waals surface area contributed by atoms with E-state index in [1.54, 1.807) is 5.57 Å². The van der Waals surface area contributed by atoms with Crippen molar-refractivity contribution >= 4 is 19.0 Å². The number of benzene rings is 3. The highest BCUT2D eigenvalue weighted by atomic mass is 28.3. The van der Waals surface area contributed by atoms with Gasteiger partial charge < -0.3 is 9.64 Å². The fourth-order valence-electron chi connectivity index (χ4n) is 6.53. The highest BCUT2D eigenvalue weighted by molar-refractivity contribution is 6.92. The smallest absolute Gasteiger partial charge is 0.126 e. The lowest BCUT2D eigenvalue weighted by Gasteiger charge is -2.33. The molecular weight excluding hydrogens is 478 g/mol. The molecule has 0 fully saturated rings. The molecule has 1 unspecified atom stereocenters. The van der Waals surface area contributed by atoms with Gasteiger partial charge in [-0.05, 0) is 53.3 Å². The highest BCUT2D eigenvalue weighted by Gasteiger charge is 2.42. The molecule has 3 aromatic rings. The molecule has 0 aromatic heterocycles. The summed E-state index contributed by atoms with van der Waals surface area (Å²) < 4.78 is 6.52. The van der Waals surface area contributed by atoms with Crippen molar-refractivity contribution in [2.24, 2.45) is 0 Å². The van der Waals surface area contributed by atoms with Gasteiger partial charge in [0, 0.05) is 35.5 Å². The summed E-state index contributed by atoms with van der Waals surface area (Å²) in [5.41, 5.74) is 11.5. The van der Waals surface area contributed by atoms with Crippen LogP contribution in [0.1, 0.15) is 35.1 Å². The Hall–Kier alpha value is -3.56. The molecule has 1 heterocycles. The van der Waals surface area contributed by atoms with E-state index in [1.165, 1.54) is 57.1 Å². The molecule has 0 radical (unpaired) electrons. The lowest BCUT2D eigenvalue weighted by atomic mass is 10.0. The van der Waals surface area contributed by atoms with E-state index in [0.29, 0.717) is 12.1 Å². The quantitative estimate of drug-likeness (QED) is 0.235. The van der Waals surface area contributed by atoms with Crippen molar-refractivity contribution in [1.82, 2.24) is 4.90 Å². The average molecular weight is 516 g/mol. The molecule has 0 saturated heterocycles. The fraction of sp³-hybridized carbons (Fsp3) is 0.257. The SMILES string of the molecule is C=CCOc1c(-c2ccccc2)cc(C)cc1[Si](C)(C)C1C=C(N2CC3=C(CCC=C3)C2)c2ccccc21. The van der Waals surface area contributed by atoms with Crippen molar-refractivity contribution in [2.45, 2.75) is 38.4 Å². The first-order valence-corrected chi connectivity index (χ1v) is 16.9. The van der Waals surface area contributed by atoms with Crippen LogP contribution in [0, 0.1) is 6.92 Å². The van der Waals surface area contributed by atoms with E-state index >= 15 is 0 Å². The molecule has 0 bridgehead atoms. The second-order valence-corrected chi connectivity index (χ2v) is 16.0. The first-order valence-electron chi connectivity index (χ1n) is 13.8. The highest BCUT2D eigenvalue weighted by Crippen LogP contribution is 2.45. The zero-order chi connectivity index (χ0) is 26.3. The summed E-state index contributed by atoms with van der Waals surface area (Å²) in [6, 6.07) is 24.4. The molecule has 3 heteroatoms. The third kappa shape index (κ3) is 4.29. The molecule has 1 aliphatic heterocycles. The minimum atomic E-state index is -2.11. The lowest BCUT2D eigenvalue weighted by Crippen LogP contribution is -2.47. The number of hydrogen-bond acceptors (Lipinski definition) is 2. The van der Waals surface area contributed by atoms with Gasteiger partial charge >= 0.3 is 0 Å². The molecule has 3 aromatic carbocycles. The molecule has 2 aliphatic carbocycles. The van der Waals surface area contributed by atoms with Crippen molar-refractivity contribution < 1.29 is 4.74 Å². The molecule has 38 heavy (non-hydrogen) atoms. The second-order valence-electron chi connectivity index (χ2n) is 11.4. The standard InChI is InChI=1S/C35H37NOSi/c1-5-19-37-35-31(26-13-7-6-8-14-26)20-25(2)21-34(35)38(3,4)33-22-32(29-17-11-12-18-30(29)33)36-23-27-15-9-10-16-28(27)24-36/h5-9,11-15,17-18,20-22,33H,1,10,16,19,23-24H2,2-4H3. The van der Waals surface area contributed by atoms with Crippen LogP contribution in [-0.2, 0) is 0 Å². The number of aryl methyl sites for hydroxylation is 1. The van der Waals surface area contributed by atoms with E-state index in [2.05, 4.69) is 116 Å². The maximum absolute atomic E-state index is 6.52. The predicted octanol–water partition coefficient (Wildman–Crippen LogP) is 7.78. The van der Waals surface area contributed by atoms with Gasteiger partial charge in [0.25, 0.3) is 0 Å². The number of nitrogens with zero attached hydrogens (tertiary/aromatic N) is 1. The summed E-state index contributed by atoms with van der Waals surface area (Å²) in [6.45, 7) is 13.8. The van der Waals surface area contributed by atoms with Gasteiger partial charge in [0.1, 0.15) is 12.4 Å². The van der Waals surface area contributed by atoms with E-state index in [-0.39, 0.29) is 0 Å².